The maximum Gasteiger partial charge on any atom is 0.248 e. The van der Waals surface area contributed by atoms with Crippen molar-refractivity contribution in [1.29, 1.82) is 0 Å². The summed E-state index contributed by atoms with van der Waals surface area (Å²) in [6.07, 6.45) is 0. The zero-order valence-corrected chi connectivity index (χ0v) is 17.1. The molecule has 0 atom stereocenters. The second-order valence-electron chi connectivity index (χ2n) is 7.21. The molecule has 3 rings (SSSR count). The van der Waals surface area contributed by atoms with Gasteiger partial charge in [-0.3, -0.25) is 20.0 Å². The third-order valence-electron chi connectivity index (χ3n) is 5.46. The summed E-state index contributed by atoms with van der Waals surface area (Å²) in [7, 11) is 3.32. The lowest BCUT2D eigenvalue weighted by Gasteiger charge is -2.34. The van der Waals surface area contributed by atoms with E-state index in [1.54, 1.807) is 14.2 Å². The number of piperazine rings is 1. The zero-order valence-electron chi connectivity index (χ0n) is 17.1. The lowest BCUT2D eigenvalue weighted by atomic mass is 9.96. The van der Waals surface area contributed by atoms with Crippen molar-refractivity contribution in [3.05, 3.63) is 71.3 Å². The number of hydrazine groups is 1. The number of carbonyl (C=O) groups is 1. The van der Waals surface area contributed by atoms with Crippen molar-refractivity contribution in [2.75, 3.05) is 46.9 Å². The van der Waals surface area contributed by atoms with Gasteiger partial charge in [-0.25, -0.2) is 5.84 Å². The van der Waals surface area contributed by atoms with E-state index in [-0.39, 0.29) is 5.91 Å². The number of rotatable bonds is 8. The predicted molar refractivity (Wildman–Crippen MR) is 112 cm³/mol. The third kappa shape index (κ3) is 5.01. The van der Waals surface area contributed by atoms with Crippen LogP contribution in [0.1, 0.15) is 16.7 Å². The summed E-state index contributed by atoms with van der Waals surface area (Å²) in [6.45, 7) is 4.78. The third-order valence-corrected chi connectivity index (χ3v) is 5.46. The fourth-order valence-electron chi connectivity index (χ4n) is 3.82. The smallest absolute Gasteiger partial charge is 0.248 e. The van der Waals surface area contributed by atoms with Crippen molar-refractivity contribution < 1.29 is 14.3 Å². The van der Waals surface area contributed by atoms with Gasteiger partial charge in [0.05, 0.1) is 6.54 Å². The molecule has 0 spiro atoms. The molecule has 1 aliphatic rings. The second-order valence-corrected chi connectivity index (χ2v) is 7.21. The lowest BCUT2D eigenvalue weighted by molar-refractivity contribution is -0.183. The van der Waals surface area contributed by atoms with E-state index in [9.17, 15) is 4.79 Å². The largest absolute Gasteiger partial charge is 0.346 e. The van der Waals surface area contributed by atoms with E-state index in [0.29, 0.717) is 6.54 Å². The van der Waals surface area contributed by atoms with Crippen LogP contribution in [-0.2, 0) is 26.6 Å². The van der Waals surface area contributed by atoms with Crippen LogP contribution in [0.4, 0.5) is 0 Å². The summed E-state index contributed by atoms with van der Waals surface area (Å²) < 4.78 is 11.6. The van der Waals surface area contributed by atoms with Gasteiger partial charge in [0, 0.05) is 58.1 Å². The molecule has 0 aliphatic carbocycles. The Morgan fingerprint density at radius 3 is 2.03 bits per heavy atom. The number of nitrogens with two attached hydrogens (primary N) is 1. The van der Waals surface area contributed by atoms with E-state index in [1.807, 2.05) is 30.3 Å². The molecule has 7 nitrogen and oxygen atoms in total. The number of benzene rings is 2. The number of hydrogen-bond donors (Lipinski definition) is 2. The highest BCUT2D eigenvalue weighted by Crippen LogP contribution is 2.34. The summed E-state index contributed by atoms with van der Waals surface area (Å²) >= 11 is 0. The summed E-state index contributed by atoms with van der Waals surface area (Å²) in [5.74, 6) is 4.10. The lowest BCUT2D eigenvalue weighted by Crippen LogP contribution is -2.49. The predicted octanol–water partition coefficient (Wildman–Crippen LogP) is 1.29. The molecular formula is C22H30N4O3. The van der Waals surface area contributed by atoms with Crippen LogP contribution in [0.2, 0.25) is 0 Å². The molecule has 1 saturated heterocycles. The zero-order chi connectivity index (χ0) is 20.7. The fourth-order valence-corrected chi connectivity index (χ4v) is 3.82. The molecule has 0 saturated carbocycles. The standard InChI is InChI=1S/C22H30N4O3/c1-28-22(29-2,19-6-4-3-5-7-19)20-10-8-18(9-11-20)16-25-12-14-26(15-13-25)17-21(27)24-23/h3-11H,12-17,23H2,1-2H3,(H,24,27). The Bertz CT molecular complexity index is 770. The summed E-state index contributed by atoms with van der Waals surface area (Å²) in [4.78, 5) is 15.9. The number of hydrogen-bond acceptors (Lipinski definition) is 6. The molecule has 3 N–H and O–H groups in total. The average Bonchev–Trinajstić information content (AvgIpc) is 2.78. The minimum absolute atomic E-state index is 0.146. The molecule has 29 heavy (non-hydrogen) atoms. The molecule has 0 unspecified atom stereocenters. The number of nitrogens with zero attached hydrogens (tertiary/aromatic N) is 2. The Labute approximate surface area is 172 Å². The Kier molecular flexibility index (Phi) is 7.35. The maximum absolute atomic E-state index is 11.4. The van der Waals surface area contributed by atoms with Gasteiger partial charge in [-0.2, -0.15) is 0 Å². The van der Waals surface area contributed by atoms with Crippen molar-refractivity contribution in [2.45, 2.75) is 12.3 Å². The summed E-state index contributed by atoms with van der Waals surface area (Å²) in [6, 6.07) is 18.3. The molecule has 1 heterocycles. The Balaban J connectivity index is 1.64. The van der Waals surface area contributed by atoms with Crippen molar-refractivity contribution in [1.82, 2.24) is 15.2 Å². The van der Waals surface area contributed by atoms with Gasteiger partial charge in [0.15, 0.2) is 0 Å². The van der Waals surface area contributed by atoms with Gasteiger partial charge in [0.1, 0.15) is 0 Å². The van der Waals surface area contributed by atoms with Crippen LogP contribution in [-0.4, -0.2) is 62.7 Å². The van der Waals surface area contributed by atoms with Crippen LogP contribution in [0.25, 0.3) is 0 Å². The van der Waals surface area contributed by atoms with E-state index in [1.165, 1.54) is 5.56 Å². The van der Waals surface area contributed by atoms with E-state index < -0.39 is 5.79 Å². The number of methoxy groups -OCH3 is 2. The summed E-state index contributed by atoms with van der Waals surface area (Å²) in [5.41, 5.74) is 5.33. The Morgan fingerprint density at radius 2 is 1.48 bits per heavy atom. The molecule has 156 valence electrons. The Hall–Kier alpha value is -2.29. The highest BCUT2D eigenvalue weighted by molar-refractivity contribution is 5.77. The number of ether oxygens (including phenoxy) is 2. The molecule has 0 bridgehead atoms. The van der Waals surface area contributed by atoms with Gasteiger partial charge >= 0.3 is 0 Å². The number of amides is 1. The van der Waals surface area contributed by atoms with Crippen LogP contribution in [0.15, 0.2) is 54.6 Å². The fraction of sp³-hybridized carbons (Fsp3) is 0.409. The average molecular weight is 399 g/mol. The van der Waals surface area contributed by atoms with Crippen LogP contribution in [0.3, 0.4) is 0 Å². The first kappa shape index (κ1) is 21.4. The molecule has 2 aromatic carbocycles. The van der Waals surface area contributed by atoms with Gasteiger partial charge in [0.2, 0.25) is 11.7 Å². The minimum Gasteiger partial charge on any atom is -0.346 e. The van der Waals surface area contributed by atoms with Gasteiger partial charge in [-0.15, -0.1) is 0 Å². The van der Waals surface area contributed by atoms with Crippen LogP contribution in [0.5, 0.6) is 0 Å². The van der Waals surface area contributed by atoms with E-state index in [0.717, 1.165) is 43.9 Å². The first-order chi connectivity index (χ1) is 14.1. The Morgan fingerprint density at radius 1 is 0.931 bits per heavy atom. The van der Waals surface area contributed by atoms with Crippen molar-refractivity contribution in [2.24, 2.45) is 5.84 Å². The number of carbonyl (C=O) groups excluding carboxylic acids is 1. The molecule has 2 aromatic rings. The van der Waals surface area contributed by atoms with E-state index in [4.69, 9.17) is 15.3 Å². The SMILES string of the molecule is COC(OC)(c1ccccc1)c1ccc(CN2CCN(CC(=O)NN)CC2)cc1. The first-order valence-electron chi connectivity index (χ1n) is 9.80. The highest BCUT2D eigenvalue weighted by Gasteiger charge is 2.34. The van der Waals surface area contributed by atoms with E-state index >= 15 is 0 Å². The van der Waals surface area contributed by atoms with Gasteiger partial charge < -0.3 is 9.47 Å². The monoisotopic (exact) mass is 398 g/mol. The quantitative estimate of drug-likeness (QED) is 0.302. The highest BCUT2D eigenvalue weighted by atomic mass is 16.7. The molecule has 1 amide bonds. The van der Waals surface area contributed by atoms with Gasteiger partial charge in [0.25, 0.3) is 0 Å². The first-order valence-corrected chi connectivity index (χ1v) is 9.80. The summed E-state index contributed by atoms with van der Waals surface area (Å²) in [5, 5.41) is 0. The molecule has 7 heteroatoms. The topological polar surface area (TPSA) is 80.1 Å². The molecule has 0 radical (unpaired) electrons. The minimum atomic E-state index is -0.922. The molecule has 1 fully saturated rings. The van der Waals surface area contributed by atoms with Crippen molar-refractivity contribution in [3.8, 4) is 0 Å². The van der Waals surface area contributed by atoms with Crippen LogP contribution >= 0.6 is 0 Å². The molecular weight excluding hydrogens is 368 g/mol. The van der Waals surface area contributed by atoms with Gasteiger partial charge in [-0.1, -0.05) is 54.6 Å². The van der Waals surface area contributed by atoms with E-state index in [2.05, 4.69) is 39.5 Å². The molecule has 0 aromatic heterocycles. The number of nitrogens with one attached hydrogen (secondary N) is 1. The van der Waals surface area contributed by atoms with Crippen LogP contribution in [0, 0.1) is 0 Å². The second kappa shape index (κ2) is 9.96. The molecule has 1 aliphatic heterocycles. The normalized spacial score (nSPS) is 16.0. The van der Waals surface area contributed by atoms with Crippen molar-refractivity contribution in [3.63, 3.8) is 0 Å². The van der Waals surface area contributed by atoms with Crippen molar-refractivity contribution >= 4 is 5.91 Å². The van der Waals surface area contributed by atoms with Crippen LogP contribution < -0.4 is 11.3 Å². The maximum atomic E-state index is 11.4. The van der Waals surface area contributed by atoms with Gasteiger partial charge in [-0.05, 0) is 5.56 Å².